The van der Waals surface area contributed by atoms with E-state index < -0.39 is 0 Å². The molecule has 34 heavy (non-hydrogen) atoms. The summed E-state index contributed by atoms with van der Waals surface area (Å²) in [5.41, 5.74) is 1.92. The lowest BCUT2D eigenvalue weighted by Crippen LogP contribution is -2.24. The van der Waals surface area contributed by atoms with Gasteiger partial charge in [0.25, 0.3) is 5.56 Å². The highest BCUT2D eigenvalue weighted by atomic mass is 35.5. The SMILES string of the molecule is C=C(CCCCCC)OOCCN(C)c1ccc2c(=O)n3c(nc2c1)C(=O)c1cc(Cl)ccc1-3. The van der Waals surface area contributed by atoms with Crippen molar-refractivity contribution in [2.45, 2.75) is 39.0 Å². The smallest absolute Gasteiger partial charge is 0.266 e. The summed E-state index contributed by atoms with van der Waals surface area (Å²) in [5, 5.41) is 0.878. The summed E-state index contributed by atoms with van der Waals surface area (Å²) in [7, 11) is 1.91. The van der Waals surface area contributed by atoms with Crippen LogP contribution in [0.1, 0.15) is 55.2 Å². The minimum atomic E-state index is -0.310. The zero-order valence-corrected chi connectivity index (χ0v) is 20.2. The predicted molar refractivity (Wildman–Crippen MR) is 134 cm³/mol. The number of aromatic nitrogens is 2. The number of hydrogen-bond acceptors (Lipinski definition) is 6. The number of likely N-dealkylation sites (N-methyl/N-ethyl adjacent to an activating group) is 1. The van der Waals surface area contributed by atoms with Crippen LogP contribution < -0.4 is 10.5 Å². The van der Waals surface area contributed by atoms with Gasteiger partial charge in [0, 0.05) is 30.7 Å². The molecule has 7 nitrogen and oxygen atoms in total. The minimum Gasteiger partial charge on any atom is -0.372 e. The molecule has 8 heteroatoms. The Bertz CT molecular complexity index is 1300. The number of rotatable bonds is 11. The Kier molecular flexibility index (Phi) is 7.34. The molecule has 1 aliphatic rings. The Balaban J connectivity index is 1.43. The number of anilines is 1. The molecule has 0 fully saturated rings. The van der Waals surface area contributed by atoms with Crippen LogP contribution >= 0.6 is 11.6 Å². The molecule has 2 heterocycles. The van der Waals surface area contributed by atoms with Gasteiger partial charge in [-0.05, 0) is 42.8 Å². The lowest BCUT2D eigenvalue weighted by atomic mass is 10.1. The van der Waals surface area contributed by atoms with Crippen LogP contribution in [0.15, 0.2) is 53.5 Å². The molecular formula is C26H28ClN3O4. The number of nitrogens with zero attached hydrogens (tertiary/aromatic N) is 3. The molecule has 3 aromatic rings. The van der Waals surface area contributed by atoms with Crippen molar-refractivity contribution in [1.82, 2.24) is 9.55 Å². The van der Waals surface area contributed by atoms with Crippen molar-refractivity contribution in [3.63, 3.8) is 0 Å². The van der Waals surface area contributed by atoms with E-state index in [0.717, 1.165) is 24.9 Å². The number of allylic oxidation sites excluding steroid dienone is 1. The van der Waals surface area contributed by atoms with Crippen LogP contribution in [0, 0.1) is 0 Å². The van der Waals surface area contributed by atoms with E-state index in [4.69, 9.17) is 21.4 Å². The second-order valence-corrected chi connectivity index (χ2v) is 8.88. The van der Waals surface area contributed by atoms with Crippen molar-refractivity contribution < 1.29 is 14.6 Å². The number of carbonyl (C=O) groups is 1. The van der Waals surface area contributed by atoms with Gasteiger partial charge in [-0.3, -0.25) is 14.2 Å². The highest BCUT2D eigenvalue weighted by Crippen LogP contribution is 2.29. The Labute approximate surface area is 203 Å². The molecule has 1 aromatic heterocycles. The quantitative estimate of drug-likeness (QED) is 0.123. The topological polar surface area (TPSA) is 73.7 Å². The Hall–Kier alpha value is -3.16. The molecule has 0 saturated heterocycles. The van der Waals surface area contributed by atoms with Crippen LogP contribution in [0.2, 0.25) is 5.02 Å². The van der Waals surface area contributed by atoms with Gasteiger partial charge in [0.2, 0.25) is 5.78 Å². The molecule has 0 bridgehead atoms. The van der Waals surface area contributed by atoms with Crippen LogP contribution in [-0.4, -0.2) is 35.5 Å². The van der Waals surface area contributed by atoms with E-state index in [-0.39, 0.29) is 17.2 Å². The highest BCUT2D eigenvalue weighted by Gasteiger charge is 2.30. The third-order valence-electron chi connectivity index (χ3n) is 5.94. The summed E-state index contributed by atoms with van der Waals surface area (Å²) < 4.78 is 1.36. The van der Waals surface area contributed by atoms with E-state index in [9.17, 15) is 9.59 Å². The molecule has 0 atom stereocenters. The van der Waals surface area contributed by atoms with Gasteiger partial charge < -0.3 is 9.79 Å². The molecule has 0 amide bonds. The van der Waals surface area contributed by atoms with E-state index in [1.807, 2.05) is 18.0 Å². The summed E-state index contributed by atoms with van der Waals surface area (Å²) in [6, 6.07) is 10.3. The lowest BCUT2D eigenvalue weighted by molar-refractivity contribution is -0.261. The Morgan fingerprint density at radius 2 is 1.97 bits per heavy atom. The summed E-state index contributed by atoms with van der Waals surface area (Å²) in [6.45, 7) is 6.97. The minimum absolute atomic E-state index is 0.101. The van der Waals surface area contributed by atoms with Crippen molar-refractivity contribution in [3.05, 3.63) is 75.5 Å². The Morgan fingerprint density at radius 1 is 1.15 bits per heavy atom. The fourth-order valence-electron chi connectivity index (χ4n) is 4.01. The molecular weight excluding hydrogens is 454 g/mol. The average molecular weight is 482 g/mol. The normalized spacial score (nSPS) is 12.0. The van der Waals surface area contributed by atoms with Crippen molar-refractivity contribution >= 4 is 34.0 Å². The third kappa shape index (κ3) is 4.86. The molecule has 0 saturated carbocycles. The molecule has 0 N–H and O–H groups in total. The maximum Gasteiger partial charge on any atom is 0.266 e. The Morgan fingerprint density at radius 3 is 2.76 bits per heavy atom. The van der Waals surface area contributed by atoms with Gasteiger partial charge >= 0.3 is 0 Å². The summed E-state index contributed by atoms with van der Waals surface area (Å²) >= 11 is 6.05. The van der Waals surface area contributed by atoms with Crippen LogP contribution in [0.3, 0.4) is 0 Å². The van der Waals surface area contributed by atoms with Crippen molar-refractivity contribution in [2.24, 2.45) is 0 Å². The first-order valence-electron chi connectivity index (χ1n) is 11.5. The molecule has 0 aliphatic carbocycles. The molecule has 0 spiro atoms. The molecule has 178 valence electrons. The van der Waals surface area contributed by atoms with Gasteiger partial charge in [-0.25, -0.2) is 4.98 Å². The van der Waals surface area contributed by atoms with E-state index in [1.54, 1.807) is 30.3 Å². The number of fused-ring (bicyclic) bond motifs is 4. The number of carbonyl (C=O) groups excluding carboxylic acids is 1. The predicted octanol–water partition coefficient (Wildman–Crippen LogP) is 5.45. The fourth-order valence-corrected chi connectivity index (χ4v) is 4.18. The van der Waals surface area contributed by atoms with Gasteiger partial charge in [-0.15, -0.1) is 0 Å². The largest absolute Gasteiger partial charge is 0.372 e. The van der Waals surface area contributed by atoms with Gasteiger partial charge in [-0.2, -0.15) is 4.89 Å². The van der Waals surface area contributed by atoms with Gasteiger partial charge in [-0.1, -0.05) is 44.4 Å². The maximum absolute atomic E-state index is 13.2. The highest BCUT2D eigenvalue weighted by molar-refractivity contribution is 6.31. The van der Waals surface area contributed by atoms with Crippen molar-refractivity contribution in [2.75, 3.05) is 25.1 Å². The van der Waals surface area contributed by atoms with Crippen LogP contribution in [-0.2, 0) is 9.78 Å². The number of unbranched alkanes of at least 4 members (excludes halogenated alkanes) is 3. The van der Waals surface area contributed by atoms with E-state index >= 15 is 0 Å². The average Bonchev–Trinajstić information content (AvgIpc) is 3.10. The molecule has 0 radical (unpaired) electrons. The van der Waals surface area contributed by atoms with Gasteiger partial charge in [0.1, 0.15) is 12.4 Å². The summed E-state index contributed by atoms with van der Waals surface area (Å²) in [6.07, 6.45) is 5.40. The summed E-state index contributed by atoms with van der Waals surface area (Å²) in [4.78, 5) is 43.1. The summed E-state index contributed by atoms with van der Waals surface area (Å²) in [5.74, 6) is 0.425. The molecule has 1 aliphatic heterocycles. The van der Waals surface area contributed by atoms with Crippen molar-refractivity contribution in [3.8, 4) is 5.69 Å². The van der Waals surface area contributed by atoms with Crippen molar-refractivity contribution in [1.29, 1.82) is 0 Å². The van der Waals surface area contributed by atoms with Gasteiger partial charge in [0.05, 0.1) is 22.2 Å². The van der Waals surface area contributed by atoms with Crippen LogP contribution in [0.25, 0.3) is 16.6 Å². The van der Waals surface area contributed by atoms with E-state index in [0.29, 0.717) is 46.1 Å². The van der Waals surface area contributed by atoms with Crippen LogP contribution in [0.5, 0.6) is 0 Å². The monoisotopic (exact) mass is 481 g/mol. The third-order valence-corrected chi connectivity index (χ3v) is 6.17. The first kappa shape index (κ1) is 24.0. The molecule has 4 rings (SSSR count). The first-order valence-corrected chi connectivity index (χ1v) is 11.9. The zero-order valence-electron chi connectivity index (χ0n) is 19.5. The number of ketones is 1. The number of hydrogen-bond donors (Lipinski definition) is 0. The fraction of sp³-hybridized carbons (Fsp3) is 0.346. The van der Waals surface area contributed by atoms with Crippen LogP contribution in [0.4, 0.5) is 5.69 Å². The first-order chi connectivity index (χ1) is 16.4. The molecule has 0 unspecified atom stereocenters. The molecule has 2 aromatic carbocycles. The van der Waals surface area contributed by atoms with E-state index in [2.05, 4.69) is 18.5 Å². The second-order valence-electron chi connectivity index (χ2n) is 8.44. The number of halogens is 1. The lowest BCUT2D eigenvalue weighted by Gasteiger charge is -2.19. The standard InChI is InChI=1S/C26H28ClN3O4/c1-4-5-6-7-8-17(2)34-33-14-13-29(3)19-10-11-20-22(16-19)28-25-24(31)21-15-18(27)9-12-23(21)30(25)26(20)32/h9-12,15-16H,2,4-8,13-14H2,1,3H3. The van der Waals surface area contributed by atoms with E-state index in [1.165, 1.54) is 17.4 Å². The number of benzene rings is 2. The maximum atomic E-state index is 13.2. The second kappa shape index (κ2) is 10.4. The zero-order chi connectivity index (χ0) is 24.2. The van der Waals surface area contributed by atoms with Gasteiger partial charge in [0.15, 0.2) is 5.82 Å².